The molecule has 4 heteroatoms. The van der Waals surface area contributed by atoms with E-state index in [0.717, 1.165) is 13.0 Å². The number of benzene rings is 1. The van der Waals surface area contributed by atoms with E-state index >= 15 is 0 Å². The maximum Gasteiger partial charge on any atom is 0.338 e. The second kappa shape index (κ2) is 16.1. The maximum atomic E-state index is 11.7. The van der Waals surface area contributed by atoms with E-state index in [0.29, 0.717) is 25.4 Å². The third-order valence-corrected chi connectivity index (χ3v) is 3.98. The Morgan fingerprint density at radius 1 is 0.720 bits per heavy atom. The maximum absolute atomic E-state index is 11.7. The van der Waals surface area contributed by atoms with Crippen LogP contribution in [0.5, 0.6) is 0 Å². The van der Waals surface area contributed by atoms with Gasteiger partial charge in [0.25, 0.3) is 0 Å². The van der Waals surface area contributed by atoms with Crippen LogP contribution in [0.2, 0.25) is 0 Å². The zero-order chi connectivity index (χ0) is 18.0. The molecular formula is C21H34O4. The van der Waals surface area contributed by atoms with E-state index in [1.54, 1.807) is 12.1 Å². The summed E-state index contributed by atoms with van der Waals surface area (Å²) in [4.78, 5) is 11.7. The molecule has 0 aliphatic rings. The van der Waals surface area contributed by atoms with Gasteiger partial charge in [-0.2, -0.15) is 0 Å². The molecule has 0 heterocycles. The van der Waals surface area contributed by atoms with Gasteiger partial charge in [0.15, 0.2) is 0 Å². The van der Waals surface area contributed by atoms with E-state index in [-0.39, 0.29) is 12.6 Å². The van der Waals surface area contributed by atoms with E-state index in [9.17, 15) is 4.79 Å². The highest BCUT2D eigenvalue weighted by Gasteiger charge is 2.04. The first-order chi connectivity index (χ1) is 12.3. The van der Waals surface area contributed by atoms with Crippen LogP contribution in [0.1, 0.15) is 68.6 Å². The lowest BCUT2D eigenvalue weighted by atomic mass is 10.1. The first-order valence-corrected chi connectivity index (χ1v) is 9.72. The zero-order valence-electron chi connectivity index (χ0n) is 15.7. The summed E-state index contributed by atoms with van der Waals surface area (Å²) in [5.41, 5.74) is 0.566. The highest BCUT2D eigenvalue weighted by Crippen LogP contribution is 2.08. The summed E-state index contributed by atoms with van der Waals surface area (Å²) in [6.07, 6.45) is 10.5. The summed E-state index contributed by atoms with van der Waals surface area (Å²) in [5.74, 6) is -0.310. The summed E-state index contributed by atoms with van der Waals surface area (Å²) in [6.45, 7) is 4.87. The SMILES string of the molecule is CCCCCCCCCCOCCOCCOC(=O)c1ccccc1. The van der Waals surface area contributed by atoms with Crippen molar-refractivity contribution in [3.05, 3.63) is 35.9 Å². The Morgan fingerprint density at radius 2 is 1.28 bits per heavy atom. The number of hydrogen-bond donors (Lipinski definition) is 0. The fraction of sp³-hybridized carbons (Fsp3) is 0.667. The Hall–Kier alpha value is -1.39. The normalized spacial score (nSPS) is 10.8. The lowest BCUT2D eigenvalue weighted by Gasteiger charge is -2.07. The number of rotatable bonds is 16. The van der Waals surface area contributed by atoms with Crippen LogP contribution in [0.15, 0.2) is 30.3 Å². The number of ether oxygens (including phenoxy) is 3. The van der Waals surface area contributed by atoms with E-state index in [2.05, 4.69) is 6.92 Å². The quantitative estimate of drug-likeness (QED) is 0.310. The highest BCUT2D eigenvalue weighted by atomic mass is 16.6. The first kappa shape index (κ1) is 21.7. The van der Waals surface area contributed by atoms with Gasteiger partial charge < -0.3 is 14.2 Å². The summed E-state index contributed by atoms with van der Waals surface area (Å²) in [7, 11) is 0. The molecule has 1 aromatic rings. The lowest BCUT2D eigenvalue weighted by molar-refractivity contribution is 0.0141. The number of esters is 1. The minimum Gasteiger partial charge on any atom is -0.460 e. The van der Waals surface area contributed by atoms with E-state index in [4.69, 9.17) is 14.2 Å². The van der Waals surface area contributed by atoms with Crippen molar-refractivity contribution in [2.24, 2.45) is 0 Å². The largest absolute Gasteiger partial charge is 0.460 e. The number of unbranched alkanes of at least 4 members (excludes halogenated alkanes) is 7. The van der Waals surface area contributed by atoms with Gasteiger partial charge >= 0.3 is 5.97 Å². The average Bonchev–Trinajstić information content (AvgIpc) is 2.65. The van der Waals surface area contributed by atoms with Crippen molar-refractivity contribution < 1.29 is 19.0 Å². The minimum atomic E-state index is -0.310. The molecule has 0 saturated carbocycles. The van der Waals surface area contributed by atoms with Crippen LogP contribution in [0.25, 0.3) is 0 Å². The molecule has 0 saturated heterocycles. The van der Waals surface area contributed by atoms with Crippen molar-refractivity contribution >= 4 is 5.97 Å². The predicted molar refractivity (Wildman–Crippen MR) is 101 cm³/mol. The Labute approximate surface area is 152 Å². The van der Waals surface area contributed by atoms with Gasteiger partial charge in [-0.05, 0) is 18.6 Å². The smallest absolute Gasteiger partial charge is 0.338 e. The van der Waals surface area contributed by atoms with Crippen LogP contribution in [0.3, 0.4) is 0 Å². The fourth-order valence-electron chi connectivity index (χ4n) is 2.51. The van der Waals surface area contributed by atoms with Crippen LogP contribution in [0, 0.1) is 0 Å². The Bertz CT molecular complexity index is 419. The highest BCUT2D eigenvalue weighted by molar-refractivity contribution is 5.89. The van der Waals surface area contributed by atoms with Crippen LogP contribution < -0.4 is 0 Å². The third kappa shape index (κ3) is 12.6. The second-order valence-corrected chi connectivity index (χ2v) is 6.20. The van der Waals surface area contributed by atoms with Gasteiger partial charge in [-0.1, -0.05) is 70.1 Å². The van der Waals surface area contributed by atoms with Gasteiger partial charge in [0.05, 0.1) is 25.4 Å². The summed E-state index contributed by atoms with van der Waals surface area (Å²) < 4.78 is 16.1. The number of carbonyl (C=O) groups is 1. The van der Waals surface area contributed by atoms with Crippen LogP contribution >= 0.6 is 0 Å². The Kier molecular flexibility index (Phi) is 13.9. The predicted octanol–water partition coefficient (Wildman–Crippen LogP) is 5.02. The number of hydrogen-bond acceptors (Lipinski definition) is 4. The molecule has 0 fully saturated rings. The van der Waals surface area contributed by atoms with Crippen LogP contribution in [-0.2, 0) is 14.2 Å². The fourth-order valence-corrected chi connectivity index (χ4v) is 2.51. The molecule has 0 aromatic heterocycles. The molecule has 4 nitrogen and oxygen atoms in total. The van der Waals surface area contributed by atoms with Gasteiger partial charge in [0, 0.05) is 6.61 Å². The molecular weight excluding hydrogens is 316 g/mol. The van der Waals surface area contributed by atoms with Gasteiger partial charge in [0.1, 0.15) is 6.61 Å². The van der Waals surface area contributed by atoms with Gasteiger partial charge in [-0.25, -0.2) is 4.79 Å². The molecule has 0 N–H and O–H groups in total. The molecule has 0 amide bonds. The standard InChI is InChI=1S/C21H34O4/c1-2-3-4-5-6-7-8-12-15-23-16-17-24-18-19-25-21(22)20-13-10-9-11-14-20/h9-11,13-14H,2-8,12,15-19H2,1H3. The molecule has 142 valence electrons. The topological polar surface area (TPSA) is 44.8 Å². The van der Waals surface area contributed by atoms with E-state index in [1.807, 2.05) is 18.2 Å². The molecule has 0 bridgehead atoms. The molecule has 0 atom stereocenters. The lowest BCUT2D eigenvalue weighted by Crippen LogP contribution is -2.13. The average molecular weight is 350 g/mol. The zero-order valence-corrected chi connectivity index (χ0v) is 15.7. The molecule has 0 spiro atoms. The Morgan fingerprint density at radius 3 is 1.96 bits per heavy atom. The summed E-state index contributed by atoms with van der Waals surface area (Å²) in [6, 6.07) is 8.98. The Balaban J connectivity index is 1.78. The van der Waals surface area contributed by atoms with Crippen molar-refractivity contribution in [1.29, 1.82) is 0 Å². The summed E-state index contributed by atoms with van der Waals surface area (Å²) >= 11 is 0. The van der Waals surface area contributed by atoms with Crippen molar-refractivity contribution in [3.63, 3.8) is 0 Å². The molecule has 1 rings (SSSR count). The van der Waals surface area contributed by atoms with Gasteiger partial charge in [-0.3, -0.25) is 0 Å². The molecule has 0 radical (unpaired) electrons. The molecule has 0 unspecified atom stereocenters. The van der Waals surface area contributed by atoms with Crippen LogP contribution in [-0.4, -0.2) is 39.0 Å². The second-order valence-electron chi connectivity index (χ2n) is 6.20. The molecule has 25 heavy (non-hydrogen) atoms. The van der Waals surface area contributed by atoms with Crippen molar-refractivity contribution in [3.8, 4) is 0 Å². The third-order valence-electron chi connectivity index (χ3n) is 3.98. The molecule has 0 aliphatic heterocycles. The van der Waals surface area contributed by atoms with E-state index in [1.165, 1.54) is 44.9 Å². The van der Waals surface area contributed by atoms with Crippen molar-refractivity contribution in [1.82, 2.24) is 0 Å². The van der Waals surface area contributed by atoms with E-state index < -0.39 is 0 Å². The van der Waals surface area contributed by atoms with Crippen LogP contribution in [0.4, 0.5) is 0 Å². The number of carbonyl (C=O) groups excluding carboxylic acids is 1. The monoisotopic (exact) mass is 350 g/mol. The summed E-state index contributed by atoms with van der Waals surface area (Å²) in [5, 5.41) is 0. The van der Waals surface area contributed by atoms with Gasteiger partial charge in [0.2, 0.25) is 0 Å². The minimum absolute atomic E-state index is 0.270. The molecule has 0 aliphatic carbocycles. The molecule has 1 aromatic carbocycles. The first-order valence-electron chi connectivity index (χ1n) is 9.72. The van der Waals surface area contributed by atoms with Crippen molar-refractivity contribution in [2.45, 2.75) is 58.3 Å². The van der Waals surface area contributed by atoms with Gasteiger partial charge in [-0.15, -0.1) is 0 Å². The van der Waals surface area contributed by atoms with Crippen molar-refractivity contribution in [2.75, 3.05) is 33.0 Å².